The normalized spacial score (nSPS) is 10.3. The summed E-state index contributed by atoms with van der Waals surface area (Å²) in [7, 11) is 0. The molecular formula is C11H18N2O2. The Morgan fingerprint density at radius 3 is 2.93 bits per heavy atom. The van der Waals surface area contributed by atoms with Gasteiger partial charge in [0.15, 0.2) is 0 Å². The first kappa shape index (κ1) is 11.8. The molecule has 0 atom stereocenters. The van der Waals surface area contributed by atoms with Gasteiger partial charge in [0.25, 0.3) is 0 Å². The summed E-state index contributed by atoms with van der Waals surface area (Å²) in [6, 6.07) is 3.70. The molecule has 0 spiro atoms. The maximum atomic E-state index is 11.7. The number of nitrogens with zero attached hydrogens (tertiary/aromatic N) is 1. The van der Waals surface area contributed by atoms with E-state index in [-0.39, 0.29) is 5.91 Å². The van der Waals surface area contributed by atoms with E-state index in [9.17, 15) is 4.79 Å². The predicted octanol–water partition coefficient (Wildman–Crippen LogP) is 1.37. The maximum absolute atomic E-state index is 11.7. The molecule has 4 heteroatoms. The van der Waals surface area contributed by atoms with E-state index in [1.807, 2.05) is 19.1 Å². The number of nitrogens with two attached hydrogens (primary N) is 1. The minimum atomic E-state index is 0.138. The lowest BCUT2D eigenvalue weighted by atomic mass is 10.2. The molecule has 0 bridgehead atoms. The van der Waals surface area contributed by atoms with Crippen LogP contribution in [0.5, 0.6) is 0 Å². The molecule has 1 amide bonds. The number of hydrogen-bond donors (Lipinski definition) is 1. The van der Waals surface area contributed by atoms with Crippen molar-refractivity contribution < 1.29 is 9.21 Å². The van der Waals surface area contributed by atoms with E-state index in [4.69, 9.17) is 10.2 Å². The Hall–Kier alpha value is -1.29. The largest absolute Gasteiger partial charge is 0.467 e. The van der Waals surface area contributed by atoms with E-state index in [1.54, 1.807) is 11.2 Å². The van der Waals surface area contributed by atoms with Crippen LogP contribution < -0.4 is 5.73 Å². The monoisotopic (exact) mass is 210 g/mol. The van der Waals surface area contributed by atoms with E-state index in [0.717, 1.165) is 12.2 Å². The van der Waals surface area contributed by atoms with Crippen LogP contribution in [0.4, 0.5) is 0 Å². The van der Waals surface area contributed by atoms with Crippen molar-refractivity contribution in [2.45, 2.75) is 26.3 Å². The fourth-order valence-corrected chi connectivity index (χ4v) is 1.38. The lowest BCUT2D eigenvalue weighted by Crippen LogP contribution is -2.30. The first-order valence-electron chi connectivity index (χ1n) is 5.28. The van der Waals surface area contributed by atoms with Crippen LogP contribution >= 0.6 is 0 Å². The molecule has 2 N–H and O–H groups in total. The molecule has 0 aliphatic carbocycles. The Labute approximate surface area is 90.0 Å². The Morgan fingerprint density at radius 2 is 2.40 bits per heavy atom. The standard InChI is InChI=1S/C11H18N2O2/c1-2-13(11(14)6-3-7-12)9-10-5-4-8-15-10/h4-5,8H,2-3,6-7,9,12H2,1H3. The van der Waals surface area contributed by atoms with Crippen molar-refractivity contribution in [3.05, 3.63) is 24.2 Å². The molecule has 0 unspecified atom stereocenters. The van der Waals surface area contributed by atoms with Crippen molar-refractivity contribution in [1.29, 1.82) is 0 Å². The third-order valence-corrected chi connectivity index (χ3v) is 2.26. The zero-order valence-electron chi connectivity index (χ0n) is 9.11. The number of hydrogen-bond acceptors (Lipinski definition) is 3. The van der Waals surface area contributed by atoms with Crippen LogP contribution in [0, 0.1) is 0 Å². The van der Waals surface area contributed by atoms with Crippen molar-refractivity contribution in [1.82, 2.24) is 4.90 Å². The van der Waals surface area contributed by atoms with E-state index < -0.39 is 0 Å². The average Bonchev–Trinajstić information content (AvgIpc) is 2.75. The highest BCUT2D eigenvalue weighted by Crippen LogP contribution is 2.07. The van der Waals surface area contributed by atoms with Gasteiger partial charge in [-0.25, -0.2) is 0 Å². The first-order valence-corrected chi connectivity index (χ1v) is 5.28. The fourth-order valence-electron chi connectivity index (χ4n) is 1.38. The first-order chi connectivity index (χ1) is 7.27. The molecule has 0 aromatic carbocycles. The summed E-state index contributed by atoms with van der Waals surface area (Å²) in [6.07, 6.45) is 2.88. The summed E-state index contributed by atoms with van der Waals surface area (Å²) >= 11 is 0. The van der Waals surface area contributed by atoms with Crippen LogP contribution in [0.25, 0.3) is 0 Å². The van der Waals surface area contributed by atoms with Gasteiger partial charge in [-0.15, -0.1) is 0 Å². The molecule has 0 fully saturated rings. The van der Waals surface area contributed by atoms with Gasteiger partial charge in [-0.3, -0.25) is 4.79 Å². The van der Waals surface area contributed by atoms with Crippen molar-refractivity contribution in [2.24, 2.45) is 5.73 Å². The van der Waals surface area contributed by atoms with Crippen LogP contribution in [0.3, 0.4) is 0 Å². The zero-order valence-corrected chi connectivity index (χ0v) is 9.11. The molecule has 84 valence electrons. The van der Waals surface area contributed by atoms with Crippen LogP contribution in [0.15, 0.2) is 22.8 Å². The van der Waals surface area contributed by atoms with Gasteiger partial charge in [-0.1, -0.05) is 0 Å². The summed E-state index contributed by atoms with van der Waals surface area (Å²) in [5.74, 6) is 0.956. The molecule has 4 nitrogen and oxygen atoms in total. The minimum absolute atomic E-state index is 0.138. The SMILES string of the molecule is CCN(Cc1ccco1)C(=O)CCCN. The molecule has 0 saturated carbocycles. The predicted molar refractivity (Wildman–Crippen MR) is 58.1 cm³/mol. The van der Waals surface area contributed by atoms with Gasteiger partial charge in [-0.05, 0) is 32.0 Å². The molecule has 0 radical (unpaired) electrons. The summed E-state index contributed by atoms with van der Waals surface area (Å²) < 4.78 is 5.20. The number of carbonyl (C=O) groups excluding carboxylic acids is 1. The molecule has 1 aromatic rings. The second-order valence-corrected chi connectivity index (χ2v) is 3.38. The van der Waals surface area contributed by atoms with Crippen molar-refractivity contribution in [3.8, 4) is 0 Å². The minimum Gasteiger partial charge on any atom is -0.467 e. The third kappa shape index (κ3) is 3.75. The summed E-state index contributed by atoms with van der Waals surface area (Å²) in [5, 5.41) is 0. The van der Waals surface area contributed by atoms with Gasteiger partial charge in [0.05, 0.1) is 12.8 Å². The summed E-state index contributed by atoms with van der Waals surface area (Å²) in [5.41, 5.74) is 5.37. The van der Waals surface area contributed by atoms with Gasteiger partial charge in [-0.2, -0.15) is 0 Å². The van der Waals surface area contributed by atoms with Crippen LogP contribution in [-0.2, 0) is 11.3 Å². The highest BCUT2D eigenvalue weighted by atomic mass is 16.3. The Morgan fingerprint density at radius 1 is 1.60 bits per heavy atom. The second kappa shape index (κ2) is 6.24. The second-order valence-electron chi connectivity index (χ2n) is 3.38. The molecule has 15 heavy (non-hydrogen) atoms. The molecule has 0 aliphatic rings. The number of carbonyl (C=O) groups is 1. The number of rotatable bonds is 6. The molecule has 1 aromatic heterocycles. The third-order valence-electron chi connectivity index (χ3n) is 2.26. The summed E-state index contributed by atoms with van der Waals surface area (Å²) in [6.45, 7) is 3.77. The molecule has 0 saturated heterocycles. The Kier molecular flexibility index (Phi) is 4.90. The number of furan rings is 1. The van der Waals surface area contributed by atoms with Crippen LogP contribution in [-0.4, -0.2) is 23.9 Å². The van der Waals surface area contributed by atoms with E-state index in [0.29, 0.717) is 26.1 Å². The molecular weight excluding hydrogens is 192 g/mol. The lowest BCUT2D eigenvalue weighted by molar-refractivity contribution is -0.131. The van der Waals surface area contributed by atoms with Gasteiger partial charge in [0.2, 0.25) is 5.91 Å². The average molecular weight is 210 g/mol. The van der Waals surface area contributed by atoms with Gasteiger partial charge < -0.3 is 15.1 Å². The topological polar surface area (TPSA) is 59.5 Å². The van der Waals surface area contributed by atoms with Crippen molar-refractivity contribution in [3.63, 3.8) is 0 Å². The van der Waals surface area contributed by atoms with Gasteiger partial charge in [0.1, 0.15) is 5.76 Å². The highest BCUT2D eigenvalue weighted by Gasteiger charge is 2.12. The lowest BCUT2D eigenvalue weighted by Gasteiger charge is -2.19. The van der Waals surface area contributed by atoms with E-state index in [2.05, 4.69) is 0 Å². The van der Waals surface area contributed by atoms with Crippen molar-refractivity contribution in [2.75, 3.05) is 13.1 Å². The van der Waals surface area contributed by atoms with E-state index in [1.165, 1.54) is 0 Å². The Bertz CT molecular complexity index is 283. The summed E-state index contributed by atoms with van der Waals surface area (Å²) in [4.78, 5) is 13.5. The van der Waals surface area contributed by atoms with E-state index >= 15 is 0 Å². The molecule has 0 aliphatic heterocycles. The molecule has 1 rings (SSSR count). The quantitative estimate of drug-likeness (QED) is 0.771. The van der Waals surface area contributed by atoms with Crippen molar-refractivity contribution >= 4 is 5.91 Å². The fraction of sp³-hybridized carbons (Fsp3) is 0.545. The van der Waals surface area contributed by atoms with Crippen LogP contribution in [0.1, 0.15) is 25.5 Å². The van der Waals surface area contributed by atoms with Crippen LogP contribution in [0.2, 0.25) is 0 Å². The zero-order chi connectivity index (χ0) is 11.1. The maximum Gasteiger partial charge on any atom is 0.223 e. The van der Waals surface area contributed by atoms with Gasteiger partial charge >= 0.3 is 0 Å². The number of amides is 1. The molecule has 1 heterocycles. The Balaban J connectivity index is 2.44. The smallest absolute Gasteiger partial charge is 0.223 e. The highest BCUT2D eigenvalue weighted by molar-refractivity contribution is 5.76. The van der Waals surface area contributed by atoms with Gasteiger partial charge in [0, 0.05) is 13.0 Å².